The lowest BCUT2D eigenvalue weighted by Crippen LogP contribution is -2.43. The zero-order chi connectivity index (χ0) is 14.2. The van der Waals surface area contributed by atoms with Crippen molar-refractivity contribution in [2.24, 2.45) is 0 Å². The van der Waals surface area contributed by atoms with Gasteiger partial charge < -0.3 is 9.84 Å². The van der Waals surface area contributed by atoms with Crippen LogP contribution in [0.3, 0.4) is 0 Å². The van der Waals surface area contributed by atoms with Crippen LogP contribution in [-0.2, 0) is 14.8 Å². The third kappa shape index (κ3) is 2.72. The second-order valence-electron chi connectivity index (χ2n) is 4.95. The topological polar surface area (TPSA) is 75.6 Å². The van der Waals surface area contributed by atoms with Crippen LogP contribution in [0.15, 0.2) is 34.5 Å². The van der Waals surface area contributed by atoms with Crippen LogP contribution in [0.1, 0.15) is 6.42 Å². The zero-order valence-corrected chi connectivity index (χ0v) is 12.3. The molecule has 1 aliphatic rings. The van der Waals surface area contributed by atoms with Crippen molar-refractivity contribution in [3.8, 4) is 0 Å². The van der Waals surface area contributed by atoms with Crippen LogP contribution in [0.2, 0.25) is 0 Å². The average Bonchev–Trinajstić information content (AvgIpc) is 3.03. The summed E-state index contributed by atoms with van der Waals surface area (Å²) in [6.07, 6.45) is 0.446. The standard InChI is InChI=1S/C13H15NO4S2/c15-13(5-6-18-9-13)8-14-20(16,17)12-7-10-3-1-2-4-11(10)19-12/h1-4,7,14-15H,5-6,8-9H2. The first-order chi connectivity index (χ1) is 9.49. The summed E-state index contributed by atoms with van der Waals surface area (Å²) in [6.45, 7) is 0.604. The summed E-state index contributed by atoms with van der Waals surface area (Å²) in [5.74, 6) is 0. The van der Waals surface area contributed by atoms with Crippen molar-refractivity contribution in [2.45, 2.75) is 16.2 Å². The Kier molecular flexibility index (Phi) is 3.55. The highest BCUT2D eigenvalue weighted by atomic mass is 32.2. The first-order valence-corrected chi connectivity index (χ1v) is 8.57. The summed E-state index contributed by atoms with van der Waals surface area (Å²) < 4.78 is 33.3. The fraction of sp³-hybridized carbons (Fsp3) is 0.385. The maximum atomic E-state index is 12.2. The molecule has 1 unspecified atom stereocenters. The van der Waals surface area contributed by atoms with Crippen LogP contribution in [-0.4, -0.2) is 38.9 Å². The zero-order valence-electron chi connectivity index (χ0n) is 10.7. The summed E-state index contributed by atoms with van der Waals surface area (Å²) in [5, 5.41) is 11.0. The third-order valence-corrected chi connectivity index (χ3v) is 6.33. The smallest absolute Gasteiger partial charge is 0.250 e. The quantitative estimate of drug-likeness (QED) is 0.893. The molecule has 2 heterocycles. The largest absolute Gasteiger partial charge is 0.386 e. The number of sulfonamides is 1. The number of rotatable bonds is 4. The Bertz CT molecular complexity index is 684. The molecule has 0 spiro atoms. The summed E-state index contributed by atoms with van der Waals surface area (Å²) in [4.78, 5) is 0. The lowest BCUT2D eigenvalue weighted by molar-refractivity contribution is 0.0315. The molecule has 1 aromatic carbocycles. The van der Waals surface area contributed by atoms with E-state index >= 15 is 0 Å². The number of hydrogen-bond acceptors (Lipinski definition) is 5. The van der Waals surface area contributed by atoms with Gasteiger partial charge in [-0.3, -0.25) is 0 Å². The Morgan fingerprint density at radius 1 is 1.40 bits per heavy atom. The molecule has 0 bridgehead atoms. The van der Waals surface area contributed by atoms with Crippen LogP contribution in [0.5, 0.6) is 0 Å². The van der Waals surface area contributed by atoms with E-state index in [1.165, 1.54) is 11.3 Å². The molecule has 1 aliphatic heterocycles. The first kappa shape index (κ1) is 14.0. The van der Waals surface area contributed by atoms with Gasteiger partial charge >= 0.3 is 0 Å². The highest BCUT2D eigenvalue weighted by Crippen LogP contribution is 2.29. The van der Waals surface area contributed by atoms with Crippen LogP contribution in [0, 0.1) is 0 Å². The molecule has 0 radical (unpaired) electrons. The van der Waals surface area contributed by atoms with Crippen LogP contribution in [0.4, 0.5) is 0 Å². The number of aliphatic hydroxyl groups is 1. The summed E-state index contributed by atoms with van der Waals surface area (Å²) in [7, 11) is -3.59. The monoisotopic (exact) mass is 313 g/mol. The Morgan fingerprint density at radius 3 is 2.90 bits per heavy atom. The SMILES string of the molecule is O=S(=O)(NCC1(O)CCOC1)c1cc2ccccc2s1. The van der Waals surface area contributed by atoms with E-state index in [9.17, 15) is 13.5 Å². The Labute approximate surface area is 121 Å². The van der Waals surface area contributed by atoms with Crippen LogP contribution in [0.25, 0.3) is 10.1 Å². The molecule has 0 saturated carbocycles. The van der Waals surface area contributed by atoms with E-state index in [1.54, 1.807) is 6.07 Å². The average molecular weight is 313 g/mol. The fourth-order valence-electron chi connectivity index (χ4n) is 2.13. The minimum Gasteiger partial charge on any atom is -0.386 e. The van der Waals surface area contributed by atoms with Gasteiger partial charge in [0.2, 0.25) is 10.0 Å². The molecule has 0 amide bonds. The van der Waals surface area contributed by atoms with Crippen molar-refractivity contribution in [3.05, 3.63) is 30.3 Å². The van der Waals surface area contributed by atoms with E-state index in [0.717, 1.165) is 10.1 Å². The molecule has 3 rings (SSSR count). The van der Waals surface area contributed by atoms with Gasteiger partial charge in [-0.15, -0.1) is 11.3 Å². The first-order valence-electron chi connectivity index (χ1n) is 6.27. The van der Waals surface area contributed by atoms with Gasteiger partial charge in [0.1, 0.15) is 9.81 Å². The van der Waals surface area contributed by atoms with E-state index in [-0.39, 0.29) is 17.4 Å². The highest BCUT2D eigenvalue weighted by molar-refractivity contribution is 7.91. The molecule has 1 atom stereocenters. The molecule has 1 fully saturated rings. The van der Waals surface area contributed by atoms with Crippen molar-refractivity contribution in [1.82, 2.24) is 4.72 Å². The number of fused-ring (bicyclic) bond motifs is 1. The predicted octanol–water partition coefficient (Wildman–Crippen LogP) is 1.33. The van der Waals surface area contributed by atoms with Gasteiger partial charge in [0.15, 0.2) is 0 Å². The summed E-state index contributed by atoms with van der Waals surface area (Å²) >= 11 is 1.22. The minimum absolute atomic E-state index is 0.0242. The number of thiophene rings is 1. The van der Waals surface area contributed by atoms with E-state index in [2.05, 4.69) is 4.72 Å². The van der Waals surface area contributed by atoms with Crippen LogP contribution >= 0.6 is 11.3 Å². The Balaban J connectivity index is 1.80. The molecular weight excluding hydrogens is 298 g/mol. The fourth-order valence-corrected chi connectivity index (χ4v) is 4.69. The Morgan fingerprint density at radius 2 is 2.20 bits per heavy atom. The molecule has 2 N–H and O–H groups in total. The third-order valence-electron chi connectivity index (χ3n) is 3.34. The van der Waals surface area contributed by atoms with Crippen molar-refractivity contribution < 1.29 is 18.3 Å². The predicted molar refractivity (Wildman–Crippen MR) is 77.4 cm³/mol. The van der Waals surface area contributed by atoms with Gasteiger partial charge in [-0.25, -0.2) is 13.1 Å². The number of hydrogen-bond donors (Lipinski definition) is 2. The molecule has 1 aromatic heterocycles. The van der Waals surface area contributed by atoms with Gasteiger partial charge in [-0.05, 0) is 17.5 Å². The number of nitrogens with one attached hydrogen (secondary N) is 1. The summed E-state index contributed by atoms with van der Waals surface area (Å²) in [5.41, 5.74) is -1.09. The number of ether oxygens (including phenoxy) is 1. The van der Waals surface area contributed by atoms with Gasteiger partial charge in [0.05, 0.1) is 6.61 Å². The molecule has 108 valence electrons. The van der Waals surface area contributed by atoms with Crippen molar-refractivity contribution in [3.63, 3.8) is 0 Å². The second kappa shape index (κ2) is 5.09. The van der Waals surface area contributed by atoms with E-state index < -0.39 is 15.6 Å². The Hall–Kier alpha value is -0.990. The molecule has 0 aliphatic carbocycles. The maximum absolute atomic E-state index is 12.2. The van der Waals surface area contributed by atoms with Crippen molar-refractivity contribution in [1.29, 1.82) is 0 Å². The minimum atomic E-state index is -3.59. The van der Waals surface area contributed by atoms with Gasteiger partial charge in [-0.2, -0.15) is 0 Å². The molecule has 20 heavy (non-hydrogen) atoms. The number of benzene rings is 1. The molecule has 2 aromatic rings. The normalized spacial score (nSPS) is 23.4. The van der Waals surface area contributed by atoms with E-state index in [1.807, 2.05) is 24.3 Å². The molecular formula is C13H15NO4S2. The van der Waals surface area contributed by atoms with Gasteiger partial charge in [0.25, 0.3) is 0 Å². The van der Waals surface area contributed by atoms with Crippen LogP contribution < -0.4 is 4.72 Å². The van der Waals surface area contributed by atoms with Crippen molar-refractivity contribution in [2.75, 3.05) is 19.8 Å². The van der Waals surface area contributed by atoms with E-state index in [4.69, 9.17) is 4.74 Å². The summed E-state index contributed by atoms with van der Waals surface area (Å²) in [6, 6.07) is 9.16. The molecule has 5 nitrogen and oxygen atoms in total. The lowest BCUT2D eigenvalue weighted by Gasteiger charge is -2.20. The van der Waals surface area contributed by atoms with Crippen molar-refractivity contribution >= 4 is 31.4 Å². The van der Waals surface area contributed by atoms with E-state index in [0.29, 0.717) is 13.0 Å². The van der Waals surface area contributed by atoms with Gasteiger partial charge in [-0.1, -0.05) is 18.2 Å². The lowest BCUT2D eigenvalue weighted by atomic mass is 10.1. The molecule has 1 saturated heterocycles. The highest BCUT2D eigenvalue weighted by Gasteiger charge is 2.33. The van der Waals surface area contributed by atoms with Gasteiger partial charge in [0, 0.05) is 24.3 Å². The second-order valence-corrected chi connectivity index (χ2v) is 8.03. The molecule has 7 heteroatoms. The maximum Gasteiger partial charge on any atom is 0.250 e.